The summed E-state index contributed by atoms with van der Waals surface area (Å²) in [5.41, 5.74) is 0. The fourth-order valence-corrected chi connectivity index (χ4v) is 1.47. The van der Waals surface area contributed by atoms with E-state index in [-0.39, 0.29) is 36.4 Å². The molecule has 0 bridgehead atoms. The lowest BCUT2D eigenvalue weighted by Crippen LogP contribution is -2.43. The van der Waals surface area contributed by atoms with Gasteiger partial charge in [-0.1, -0.05) is 6.92 Å². The first kappa shape index (κ1) is 18.8. The van der Waals surface area contributed by atoms with E-state index in [1.807, 2.05) is 19.1 Å². The van der Waals surface area contributed by atoms with Crippen LogP contribution in [0.25, 0.3) is 0 Å². The van der Waals surface area contributed by atoms with Crippen LogP contribution in [0.4, 0.5) is 0 Å². The number of rotatable bonds is 7. The summed E-state index contributed by atoms with van der Waals surface area (Å²) in [5, 5.41) is 8.86. The van der Waals surface area contributed by atoms with E-state index in [4.69, 9.17) is 4.42 Å². The van der Waals surface area contributed by atoms with E-state index in [1.54, 1.807) is 13.3 Å². The molecule has 0 fully saturated rings. The summed E-state index contributed by atoms with van der Waals surface area (Å²) in [5.74, 6) is 1.50. The van der Waals surface area contributed by atoms with Crippen LogP contribution < -0.4 is 16.0 Å². The van der Waals surface area contributed by atoms with E-state index in [1.165, 1.54) is 0 Å². The lowest BCUT2D eigenvalue weighted by molar-refractivity contribution is -0.120. The van der Waals surface area contributed by atoms with Gasteiger partial charge in [-0.25, -0.2) is 0 Å². The summed E-state index contributed by atoms with van der Waals surface area (Å²) >= 11 is 0. The molecule has 3 N–H and O–H groups in total. The van der Waals surface area contributed by atoms with Crippen LogP contribution in [0, 0.1) is 0 Å². The Hall–Kier alpha value is -1.25. The first-order valence-electron chi connectivity index (χ1n) is 6.49. The van der Waals surface area contributed by atoms with Crippen molar-refractivity contribution in [3.63, 3.8) is 0 Å². The van der Waals surface area contributed by atoms with Gasteiger partial charge in [-0.05, 0) is 18.6 Å². The van der Waals surface area contributed by atoms with Gasteiger partial charge in [0.15, 0.2) is 5.96 Å². The van der Waals surface area contributed by atoms with Crippen LogP contribution >= 0.6 is 24.0 Å². The Morgan fingerprint density at radius 1 is 1.30 bits per heavy atom. The SMILES string of the molecule is CCCNC(=O)CNC(=NC)NCCc1ccco1.I. The summed E-state index contributed by atoms with van der Waals surface area (Å²) in [6, 6.07) is 3.79. The van der Waals surface area contributed by atoms with Crippen molar-refractivity contribution in [1.82, 2.24) is 16.0 Å². The smallest absolute Gasteiger partial charge is 0.239 e. The fourth-order valence-electron chi connectivity index (χ4n) is 1.47. The number of hydrogen-bond acceptors (Lipinski definition) is 3. The molecule has 0 aromatic carbocycles. The second kappa shape index (κ2) is 11.6. The second-order valence-electron chi connectivity index (χ2n) is 4.03. The molecule has 6 nitrogen and oxygen atoms in total. The molecule has 0 radical (unpaired) electrons. The van der Waals surface area contributed by atoms with Crippen LogP contribution in [0.2, 0.25) is 0 Å². The highest BCUT2D eigenvalue weighted by Crippen LogP contribution is 1.99. The number of carbonyl (C=O) groups is 1. The fraction of sp³-hybridized carbons (Fsp3) is 0.538. The Morgan fingerprint density at radius 3 is 2.70 bits per heavy atom. The zero-order chi connectivity index (χ0) is 13.9. The zero-order valence-corrected chi connectivity index (χ0v) is 14.3. The largest absolute Gasteiger partial charge is 0.469 e. The van der Waals surface area contributed by atoms with Crippen LogP contribution in [0.5, 0.6) is 0 Å². The van der Waals surface area contributed by atoms with Crippen LogP contribution in [0.15, 0.2) is 27.8 Å². The number of carbonyl (C=O) groups excluding carboxylic acids is 1. The lowest BCUT2D eigenvalue weighted by atomic mass is 10.3. The molecule has 0 aliphatic carbocycles. The number of amides is 1. The predicted molar refractivity (Wildman–Crippen MR) is 90.5 cm³/mol. The molecule has 114 valence electrons. The van der Waals surface area contributed by atoms with E-state index in [0.29, 0.717) is 19.0 Å². The molecule has 7 heteroatoms. The standard InChI is InChI=1S/C13H22N4O2.HI/c1-3-7-15-12(18)10-17-13(14-2)16-8-6-11-5-4-9-19-11;/h4-5,9H,3,6-8,10H2,1-2H3,(H,15,18)(H2,14,16,17);1H. The number of aliphatic imine (C=N–C) groups is 1. The molecular weight excluding hydrogens is 371 g/mol. The monoisotopic (exact) mass is 394 g/mol. The quantitative estimate of drug-likeness (QED) is 0.368. The van der Waals surface area contributed by atoms with Crippen molar-refractivity contribution >= 4 is 35.8 Å². The van der Waals surface area contributed by atoms with E-state index in [9.17, 15) is 4.79 Å². The maximum absolute atomic E-state index is 11.4. The number of hydrogen-bond donors (Lipinski definition) is 3. The van der Waals surface area contributed by atoms with Gasteiger partial charge in [0, 0.05) is 26.6 Å². The number of guanidine groups is 1. The third-order valence-electron chi connectivity index (χ3n) is 2.46. The van der Waals surface area contributed by atoms with Gasteiger partial charge < -0.3 is 20.4 Å². The molecule has 0 aliphatic rings. The van der Waals surface area contributed by atoms with Crippen molar-refractivity contribution in [3.8, 4) is 0 Å². The van der Waals surface area contributed by atoms with E-state index < -0.39 is 0 Å². The number of nitrogens with zero attached hydrogens (tertiary/aromatic N) is 1. The average molecular weight is 394 g/mol. The molecule has 1 aromatic heterocycles. The third kappa shape index (κ3) is 8.03. The normalized spacial score (nSPS) is 10.6. The van der Waals surface area contributed by atoms with Crippen molar-refractivity contribution in [2.45, 2.75) is 19.8 Å². The first-order valence-corrected chi connectivity index (χ1v) is 6.49. The zero-order valence-electron chi connectivity index (χ0n) is 11.9. The molecule has 1 heterocycles. The van der Waals surface area contributed by atoms with Crippen LogP contribution in [-0.2, 0) is 11.2 Å². The van der Waals surface area contributed by atoms with E-state index in [0.717, 1.165) is 18.6 Å². The number of nitrogens with one attached hydrogen (secondary N) is 3. The van der Waals surface area contributed by atoms with Crippen molar-refractivity contribution < 1.29 is 9.21 Å². The Morgan fingerprint density at radius 2 is 2.10 bits per heavy atom. The van der Waals surface area contributed by atoms with Crippen molar-refractivity contribution in [2.75, 3.05) is 26.7 Å². The summed E-state index contributed by atoms with van der Waals surface area (Å²) in [6.45, 7) is 3.64. The lowest BCUT2D eigenvalue weighted by Gasteiger charge is -2.11. The van der Waals surface area contributed by atoms with E-state index >= 15 is 0 Å². The summed E-state index contributed by atoms with van der Waals surface area (Å²) in [7, 11) is 1.67. The number of furan rings is 1. The summed E-state index contributed by atoms with van der Waals surface area (Å²) in [4.78, 5) is 15.5. The maximum Gasteiger partial charge on any atom is 0.239 e. The Balaban J connectivity index is 0.00000361. The Kier molecular flexibility index (Phi) is 10.8. The third-order valence-corrected chi connectivity index (χ3v) is 2.46. The highest BCUT2D eigenvalue weighted by Gasteiger charge is 2.02. The Labute approximate surface area is 136 Å². The molecule has 0 aliphatic heterocycles. The molecule has 0 spiro atoms. The van der Waals surface area contributed by atoms with Crippen molar-refractivity contribution in [2.24, 2.45) is 4.99 Å². The second-order valence-corrected chi connectivity index (χ2v) is 4.03. The van der Waals surface area contributed by atoms with Gasteiger partial charge in [0.2, 0.25) is 5.91 Å². The van der Waals surface area contributed by atoms with Gasteiger partial charge in [0.25, 0.3) is 0 Å². The minimum absolute atomic E-state index is 0. The van der Waals surface area contributed by atoms with Crippen LogP contribution in [0.3, 0.4) is 0 Å². The van der Waals surface area contributed by atoms with Gasteiger partial charge in [-0.2, -0.15) is 0 Å². The van der Waals surface area contributed by atoms with Gasteiger partial charge in [-0.3, -0.25) is 9.79 Å². The molecule has 20 heavy (non-hydrogen) atoms. The van der Waals surface area contributed by atoms with Crippen molar-refractivity contribution in [1.29, 1.82) is 0 Å². The average Bonchev–Trinajstić information content (AvgIpc) is 2.93. The molecule has 0 saturated heterocycles. The summed E-state index contributed by atoms with van der Waals surface area (Å²) < 4.78 is 5.23. The molecule has 0 atom stereocenters. The van der Waals surface area contributed by atoms with Gasteiger partial charge in [0.1, 0.15) is 5.76 Å². The minimum atomic E-state index is -0.0316. The van der Waals surface area contributed by atoms with Gasteiger partial charge >= 0.3 is 0 Å². The van der Waals surface area contributed by atoms with Gasteiger partial charge in [-0.15, -0.1) is 24.0 Å². The molecule has 1 rings (SSSR count). The molecule has 1 aromatic rings. The topological polar surface area (TPSA) is 78.7 Å². The Bertz CT molecular complexity index is 393. The van der Waals surface area contributed by atoms with E-state index in [2.05, 4.69) is 20.9 Å². The molecule has 1 amide bonds. The highest BCUT2D eigenvalue weighted by molar-refractivity contribution is 14.0. The predicted octanol–water partition coefficient (Wildman–Crippen LogP) is 1.13. The molecule has 0 saturated carbocycles. The van der Waals surface area contributed by atoms with Crippen molar-refractivity contribution in [3.05, 3.63) is 24.2 Å². The van der Waals surface area contributed by atoms with Crippen LogP contribution in [0.1, 0.15) is 19.1 Å². The molecular formula is C13H23IN4O2. The molecule has 0 unspecified atom stereocenters. The minimum Gasteiger partial charge on any atom is -0.469 e. The number of halogens is 1. The van der Waals surface area contributed by atoms with Gasteiger partial charge in [0.05, 0.1) is 12.8 Å². The summed E-state index contributed by atoms with van der Waals surface area (Å²) in [6.07, 6.45) is 3.36. The first-order chi connectivity index (χ1) is 9.26. The highest BCUT2D eigenvalue weighted by atomic mass is 127. The van der Waals surface area contributed by atoms with Crippen LogP contribution in [-0.4, -0.2) is 38.5 Å². The maximum atomic E-state index is 11.4.